The highest BCUT2D eigenvalue weighted by Crippen LogP contribution is 2.32. The van der Waals surface area contributed by atoms with Gasteiger partial charge in [-0.1, -0.05) is 6.07 Å². The fraction of sp³-hybridized carbons (Fsp3) is 0.400. The molecule has 0 unspecified atom stereocenters. The van der Waals surface area contributed by atoms with Crippen molar-refractivity contribution in [3.63, 3.8) is 0 Å². The molecule has 9 heteroatoms. The summed E-state index contributed by atoms with van der Waals surface area (Å²) in [7, 11) is 3.33. The van der Waals surface area contributed by atoms with E-state index >= 15 is 0 Å². The van der Waals surface area contributed by atoms with Gasteiger partial charge in [0.15, 0.2) is 0 Å². The van der Waals surface area contributed by atoms with Crippen LogP contribution in [0.4, 0.5) is 11.4 Å². The van der Waals surface area contributed by atoms with Crippen LogP contribution in [0.5, 0.6) is 11.5 Å². The zero-order valence-corrected chi connectivity index (χ0v) is 19.5. The highest BCUT2D eigenvalue weighted by Gasteiger charge is 2.39. The Morgan fingerprint density at radius 1 is 1.12 bits per heavy atom. The molecule has 2 aromatic rings. The van der Waals surface area contributed by atoms with Crippen molar-refractivity contribution in [2.45, 2.75) is 44.4 Å². The molecule has 180 valence electrons. The summed E-state index contributed by atoms with van der Waals surface area (Å²) in [6.45, 7) is 1.67. The van der Waals surface area contributed by atoms with Gasteiger partial charge in [-0.2, -0.15) is 0 Å². The lowest BCUT2D eigenvalue weighted by molar-refractivity contribution is -0.130. The van der Waals surface area contributed by atoms with E-state index in [1.54, 1.807) is 49.4 Å². The first-order valence-electron chi connectivity index (χ1n) is 11.2. The van der Waals surface area contributed by atoms with E-state index in [2.05, 4.69) is 10.6 Å². The Balaban J connectivity index is 1.42. The maximum absolute atomic E-state index is 13.2. The van der Waals surface area contributed by atoms with E-state index in [4.69, 9.17) is 14.2 Å². The fourth-order valence-corrected chi connectivity index (χ4v) is 4.43. The van der Waals surface area contributed by atoms with Gasteiger partial charge in [-0.05, 0) is 43.2 Å². The lowest BCUT2D eigenvalue weighted by atomic mass is 9.94. The topological polar surface area (TPSA) is 106 Å². The normalized spacial score (nSPS) is 21.8. The molecule has 0 radical (unpaired) electrons. The number of likely N-dealkylation sites (N-methyl/N-ethyl adjacent to an activating group) is 1. The first kappa shape index (κ1) is 23.6. The van der Waals surface area contributed by atoms with Crippen LogP contribution in [-0.4, -0.2) is 61.6 Å². The quantitative estimate of drug-likeness (QED) is 0.700. The predicted octanol–water partition coefficient (Wildman–Crippen LogP) is 3.06. The number of carbonyl (C=O) groups is 3. The predicted molar refractivity (Wildman–Crippen MR) is 126 cm³/mol. The number of carbonyl (C=O) groups excluding carboxylic acids is 3. The average molecular weight is 468 g/mol. The van der Waals surface area contributed by atoms with E-state index in [0.717, 1.165) is 0 Å². The van der Waals surface area contributed by atoms with Crippen LogP contribution in [0.2, 0.25) is 0 Å². The molecule has 2 heterocycles. The molecule has 2 aromatic carbocycles. The Labute approximate surface area is 198 Å². The van der Waals surface area contributed by atoms with E-state index < -0.39 is 0 Å². The summed E-state index contributed by atoms with van der Waals surface area (Å²) in [6.07, 6.45) is 0.895. The van der Waals surface area contributed by atoms with Crippen molar-refractivity contribution in [3.8, 4) is 11.5 Å². The van der Waals surface area contributed by atoms with Crippen LogP contribution in [-0.2, 0) is 14.3 Å². The fourth-order valence-electron chi connectivity index (χ4n) is 4.43. The summed E-state index contributed by atoms with van der Waals surface area (Å²) in [5, 5.41) is 5.58. The van der Waals surface area contributed by atoms with E-state index in [0.29, 0.717) is 41.3 Å². The standard InChI is InChI=1S/C25H29N3O6/c1-15(29)26-17-7-10-22-20(12-17)25(31)28(2)21-9-8-19(34-23(21)14-33-22)13-24(30)27-16-5-4-6-18(11-16)32-3/h4-7,10-12,19,21,23H,8-9,13-14H2,1-3H3,(H,26,29)(H,27,30)/t19-,21-,23+/m0/s1. The maximum atomic E-state index is 13.2. The molecule has 2 aliphatic heterocycles. The van der Waals surface area contributed by atoms with Crippen LogP contribution >= 0.6 is 0 Å². The summed E-state index contributed by atoms with van der Waals surface area (Å²) in [6, 6.07) is 12.0. The lowest BCUT2D eigenvalue weighted by Gasteiger charge is -2.42. The third-order valence-corrected chi connectivity index (χ3v) is 6.10. The Hall–Kier alpha value is -3.59. The van der Waals surface area contributed by atoms with Gasteiger partial charge in [0, 0.05) is 31.4 Å². The van der Waals surface area contributed by atoms with Crippen LogP contribution in [0.1, 0.15) is 36.5 Å². The van der Waals surface area contributed by atoms with Crippen molar-refractivity contribution >= 4 is 29.1 Å². The second kappa shape index (κ2) is 10.1. The van der Waals surface area contributed by atoms with Crippen LogP contribution < -0.4 is 20.1 Å². The van der Waals surface area contributed by atoms with Crippen molar-refractivity contribution < 1.29 is 28.6 Å². The summed E-state index contributed by atoms with van der Waals surface area (Å²) in [5.74, 6) is 0.539. The number of anilines is 2. The molecule has 3 amide bonds. The second-order valence-corrected chi connectivity index (χ2v) is 8.54. The van der Waals surface area contributed by atoms with Gasteiger partial charge in [-0.15, -0.1) is 0 Å². The first-order chi connectivity index (χ1) is 16.3. The van der Waals surface area contributed by atoms with Gasteiger partial charge in [-0.25, -0.2) is 0 Å². The number of methoxy groups -OCH3 is 1. The number of fused-ring (bicyclic) bond motifs is 2. The van der Waals surface area contributed by atoms with Crippen LogP contribution in [0, 0.1) is 0 Å². The maximum Gasteiger partial charge on any atom is 0.257 e. The number of ether oxygens (including phenoxy) is 3. The summed E-state index contributed by atoms with van der Waals surface area (Å²) in [4.78, 5) is 38.9. The van der Waals surface area contributed by atoms with Gasteiger partial charge in [0.2, 0.25) is 11.8 Å². The first-order valence-corrected chi connectivity index (χ1v) is 11.2. The third-order valence-electron chi connectivity index (χ3n) is 6.10. The molecule has 0 aromatic heterocycles. The molecule has 2 N–H and O–H groups in total. The lowest BCUT2D eigenvalue weighted by Crippen LogP contribution is -2.53. The minimum absolute atomic E-state index is 0.149. The van der Waals surface area contributed by atoms with Crippen molar-refractivity contribution in [2.75, 3.05) is 31.4 Å². The molecular formula is C25H29N3O6. The number of nitrogens with zero attached hydrogens (tertiary/aromatic N) is 1. The molecule has 0 aliphatic carbocycles. The Bertz CT molecular complexity index is 1090. The van der Waals surface area contributed by atoms with Crippen molar-refractivity contribution in [1.82, 2.24) is 4.90 Å². The molecule has 2 aliphatic rings. The largest absolute Gasteiger partial charge is 0.497 e. The van der Waals surface area contributed by atoms with Gasteiger partial charge in [-0.3, -0.25) is 14.4 Å². The number of benzene rings is 2. The van der Waals surface area contributed by atoms with Gasteiger partial charge >= 0.3 is 0 Å². The molecule has 34 heavy (non-hydrogen) atoms. The minimum atomic E-state index is -0.361. The average Bonchev–Trinajstić information content (AvgIpc) is 2.81. The SMILES string of the molecule is COc1cccc(NC(=O)C[C@@H]2CC[C@H]3[C@@H](COc4ccc(NC(C)=O)cc4C(=O)N3C)O2)c1. The molecule has 0 spiro atoms. The second-order valence-electron chi connectivity index (χ2n) is 8.54. The number of rotatable bonds is 5. The summed E-state index contributed by atoms with van der Waals surface area (Å²) >= 11 is 0. The van der Waals surface area contributed by atoms with Crippen molar-refractivity contribution in [1.29, 1.82) is 0 Å². The molecule has 0 saturated carbocycles. The molecule has 4 rings (SSSR count). The number of hydrogen-bond donors (Lipinski definition) is 2. The van der Waals surface area contributed by atoms with Gasteiger partial charge in [0.1, 0.15) is 24.2 Å². The zero-order chi connectivity index (χ0) is 24.2. The van der Waals surface area contributed by atoms with Crippen LogP contribution in [0.25, 0.3) is 0 Å². The Kier molecular flexibility index (Phi) is 7.02. The molecular weight excluding hydrogens is 438 g/mol. The van der Waals surface area contributed by atoms with Crippen LogP contribution in [0.3, 0.4) is 0 Å². The van der Waals surface area contributed by atoms with Gasteiger partial charge < -0.3 is 29.7 Å². The Morgan fingerprint density at radius 2 is 1.91 bits per heavy atom. The number of hydrogen-bond acceptors (Lipinski definition) is 6. The Morgan fingerprint density at radius 3 is 2.68 bits per heavy atom. The zero-order valence-electron chi connectivity index (χ0n) is 19.5. The molecule has 1 saturated heterocycles. The van der Waals surface area contributed by atoms with E-state index in [9.17, 15) is 14.4 Å². The van der Waals surface area contributed by atoms with Crippen LogP contribution in [0.15, 0.2) is 42.5 Å². The van der Waals surface area contributed by atoms with Crippen molar-refractivity contribution in [3.05, 3.63) is 48.0 Å². The monoisotopic (exact) mass is 467 g/mol. The highest BCUT2D eigenvalue weighted by molar-refractivity contribution is 5.99. The smallest absolute Gasteiger partial charge is 0.257 e. The number of nitrogens with one attached hydrogen (secondary N) is 2. The molecule has 3 atom stereocenters. The van der Waals surface area contributed by atoms with Gasteiger partial charge in [0.05, 0.1) is 31.2 Å². The summed E-state index contributed by atoms with van der Waals surface area (Å²) < 4.78 is 17.4. The molecule has 0 bridgehead atoms. The van der Waals surface area contributed by atoms with E-state index in [-0.39, 0.29) is 49.0 Å². The van der Waals surface area contributed by atoms with Crippen molar-refractivity contribution in [2.24, 2.45) is 0 Å². The summed E-state index contributed by atoms with van der Waals surface area (Å²) in [5.41, 5.74) is 1.59. The minimum Gasteiger partial charge on any atom is -0.497 e. The van der Waals surface area contributed by atoms with Gasteiger partial charge in [0.25, 0.3) is 5.91 Å². The highest BCUT2D eigenvalue weighted by atomic mass is 16.5. The van der Waals surface area contributed by atoms with E-state index in [1.807, 2.05) is 12.1 Å². The molecule has 1 fully saturated rings. The van der Waals surface area contributed by atoms with E-state index in [1.165, 1.54) is 6.92 Å². The number of amides is 3. The molecule has 9 nitrogen and oxygen atoms in total. The third kappa shape index (κ3) is 5.31.